The highest BCUT2D eigenvalue weighted by atomic mass is 16.3. The van der Waals surface area contributed by atoms with E-state index in [1.165, 1.54) is 19.3 Å². The fourth-order valence-corrected chi connectivity index (χ4v) is 2.51. The first-order valence-electron chi connectivity index (χ1n) is 3.97. The van der Waals surface area contributed by atoms with Crippen LogP contribution in [0.5, 0.6) is 0 Å². The minimum absolute atomic E-state index is 0.0486. The van der Waals surface area contributed by atoms with Crippen molar-refractivity contribution in [2.24, 2.45) is 11.3 Å². The molecule has 0 aromatic carbocycles. The summed E-state index contributed by atoms with van der Waals surface area (Å²) in [5.41, 5.74) is 0.417. The lowest BCUT2D eigenvalue weighted by molar-refractivity contribution is 0.102. The maximum Gasteiger partial charge on any atom is 0.0599 e. The van der Waals surface area contributed by atoms with E-state index in [-0.39, 0.29) is 6.10 Å². The summed E-state index contributed by atoms with van der Waals surface area (Å²) < 4.78 is 0. The van der Waals surface area contributed by atoms with Gasteiger partial charge in [-0.15, -0.1) is 0 Å². The van der Waals surface area contributed by atoms with Crippen molar-refractivity contribution in [2.45, 2.75) is 38.7 Å². The number of rotatable bonds is 1. The highest BCUT2D eigenvalue weighted by Crippen LogP contribution is 2.65. The second kappa shape index (κ2) is 1.51. The van der Waals surface area contributed by atoms with Crippen molar-refractivity contribution in [3.63, 3.8) is 0 Å². The first-order valence-corrected chi connectivity index (χ1v) is 3.97. The molecular weight excluding hydrogens is 112 g/mol. The van der Waals surface area contributed by atoms with Crippen LogP contribution in [0.25, 0.3) is 0 Å². The van der Waals surface area contributed by atoms with Crippen molar-refractivity contribution < 1.29 is 5.11 Å². The molecule has 0 saturated heterocycles. The van der Waals surface area contributed by atoms with Crippen LogP contribution in [-0.4, -0.2) is 11.2 Å². The minimum Gasteiger partial charge on any atom is -0.393 e. The molecule has 1 heteroatoms. The molecule has 2 aliphatic carbocycles. The molecule has 0 amide bonds. The van der Waals surface area contributed by atoms with Gasteiger partial charge in [-0.3, -0.25) is 0 Å². The molecule has 9 heavy (non-hydrogen) atoms. The number of aliphatic hydroxyl groups excluding tert-OH is 1. The van der Waals surface area contributed by atoms with Gasteiger partial charge in [-0.1, -0.05) is 6.92 Å². The van der Waals surface area contributed by atoms with Crippen LogP contribution < -0.4 is 0 Å². The standard InChI is InChI=1S/C8H14O/c1-2-8-5-6(8)3-4-7(8)9/h6-7,9H,2-5H2,1H3. The molecule has 3 unspecified atom stereocenters. The van der Waals surface area contributed by atoms with Crippen molar-refractivity contribution >= 4 is 0 Å². The molecule has 1 N–H and O–H groups in total. The van der Waals surface area contributed by atoms with Gasteiger partial charge in [-0.2, -0.15) is 0 Å². The molecule has 0 aromatic heterocycles. The third kappa shape index (κ3) is 0.536. The zero-order valence-corrected chi connectivity index (χ0v) is 5.93. The molecule has 0 aliphatic heterocycles. The van der Waals surface area contributed by atoms with E-state index in [1.54, 1.807) is 0 Å². The van der Waals surface area contributed by atoms with Crippen LogP contribution in [0, 0.1) is 11.3 Å². The van der Waals surface area contributed by atoms with E-state index in [2.05, 4.69) is 6.92 Å². The molecule has 0 aromatic rings. The first kappa shape index (κ1) is 5.72. The summed E-state index contributed by atoms with van der Waals surface area (Å²) >= 11 is 0. The average molecular weight is 126 g/mol. The van der Waals surface area contributed by atoms with E-state index >= 15 is 0 Å². The Morgan fingerprint density at radius 2 is 2.33 bits per heavy atom. The summed E-state index contributed by atoms with van der Waals surface area (Å²) in [5, 5.41) is 9.49. The molecule has 0 radical (unpaired) electrons. The van der Waals surface area contributed by atoms with Crippen LogP contribution in [0.15, 0.2) is 0 Å². The molecule has 3 atom stereocenters. The molecule has 0 bridgehead atoms. The van der Waals surface area contributed by atoms with Gasteiger partial charge in [0.2, 0.25) is 0 Å². The van der Waals surface area contributed by atoms with Crippen molar-refractivity contribution in [2.75, 3.05) is 0 Å². The summed E-state index contributed by atoms with van der Waals surface area (Å²) in [6.07, 6.45) is 4.91. The Kier molecular flexibility index (Phi) is 0.963. The topological polar surface area (TPSA) is 20.2 Å². The van der Waals surface area contributed by atoms with Gasteiger partial charge in [0.25, 0.3) is 0 Å². The fourth-order valence-electron chi connectivity index (χ4n) is 2.51. The maximum absolute atomic E-state index is 9.49. The Hall–Kier alpha value is -0.0400. The van der Waals surface area contributed by atoms with Crippen LogP contribution in [0.3, 0.4) is 0 Å². The van der Waals surface area contributed by atoms with E-state index in [1.807, 2.05) is 0 Å². The SMILES string of the molecule is CCC12CC1CCC2O. The highest BCUT2D eigenvalue weighted by Gasteiger charge is 2.60. The molecule has 2 rings (SSSR count). The molecule has 52 valence electrons. The van der Waals surface area contributed by atoms with Crippen LogP contribution >= 0.6 is 0 Å². The minimum atomic E-state index is 0.0486. The van der Waals surface area contributed by atoms with Crippen molar-refractivity contribution in [3.05, 3.63) is 0 Å². The quantitative estimate of drug-likeness (QED) is 0.565. The van der Waals surface area contributed by atoms with Crippen LogP contribution in [0.4, 0.5) is 0 Å². The second-order valence-corrected chi connectivity index (χ2v) is 3.58. The van der Waals surface area contributed by atoms with Gasteiger partial charge in [0.1, 0.15) is 0 Å². The Morgan fingerprint density at radius 3 is 2.56 bits per heavy atom. The summed E-state index contributed by atoms with van der Waals surface area (Å²) in [4.78, 5) is 0. The maximum atomic E-state index is 9.49. The largest absolute Gasteiger partial charge is 0.393 e. The summed E-state index contributed by atoms with van der Waals surface area (Å²) in [6, 6.07) is 0. The van der Waals surface area contributed by atoms with Crippen LogP contribution in [0.1, 0.15) is 32.6 Å². The zero-order valence-electron chi connectivity index (χ0n) is 5.93. The van der Waals surface area contributed by atoms with Crippen molar-refractivity contribution in [1.29, 1.82) is 0 Å². The smallest absolute Gasteiger partial charge is 0.0599 e. The Labute approximate surface area is 56.1 Å². The normalized spacial score (nSPS) is 55.3. The molecule has 0 heterocycles. The van der Waals surface area contributed by atoms with E-state index in [9.17, 15) is 5.11 Å². The third-order valence-electron chi connectivity index (χ3n) is 3.39. The van der Waals surface area contributed by atoms with Gasteiger partial charge in [0.05, 0.1) is 6.10 Å². The van der Waals surface area contributed by atoms with Gasteiger partial charge < -0.3 is 5.11 Å². The van der Waals surface area contributed by atoms with E-state index < -0.39 is 0 Å². The molecular formula is C8H14O. The number of fused-ring (bicyclic) bond motifs is 1. The lowest BCUT2D eigenvalue weighted by Gasteiger charge is -2.14. The van der Waals surface area contributed by atoms with Crippen LogP contribution in [-0.2, 0) is 0 Å². The molecule has 2 aliphatic rings. The van der Waals surface area contributed by atoms with Gasteiger partial charge in [-0.05, 0) is 37.0 Å². The lowest BCUT2D eigenvalue weighted by Crippen LogP contribution is -2.17. The Balaban J connectivity index is 2.14. The van der Waals surface area contributed by atoms with E-state index in [0.717, 1.165) is 12.3 Å². The molecule has 2 fully saturated rings. The summed E-state index contributed by atoms with van der Waals surface area (Å²) in [6.45, 7) is 2.20. The lowest BCUT2D eigenvalue weighted by atomic mass is 9.98. The van der Waals surface area contributed by atoms with Gasteiger partial charge in [-0.25, -0.2) is 0 Å². The van der Waals surface area contributed by atoms with Crippen LogP contribution in [0.2, 0.25) is 0 Å². The third-order valence-corrected chi connectivity index (χ3v) is 3.39. The van der Waals surface area contributed by atoms with Gasteiger partial charge >= 0.3 is 0 Å². The first-order chi connectivity index (χ1) is 4.29. The number of hydrogen-bond donors (Lipinski definition) is 1. The average Bonchev–Trinajstić information content (AvgIpc) is 2.52. The van der Waals surface area contributed by atoms with Gasteiger partial charge in [0.15, 0.2) is 0 Å². The molecule has 0 spiro atoms. The Bertz CT molecular complexity index is 129. The zero-order chi connectivity index (χ0) is 6.48. The number of aliphatic hydroxyl groups is 1. The van der Waals surface area contributed by atoms with Crippen molar-refractivity contribution in [1.82, 2.24) is 0 Å². The predicted molar refractivity (Wildman–Crippen MR) is 36.1 cm³/mol. The number of hydrogen-bond acceptors (Lipinski definition) is 1. The summed E-state index contributed by atoms with van der Waals surface area (Å²) in [7, 11) is 0. The summed E-state index contributed by atoms with van der Waals surface area (Å²) in [5.74, 6) is 0.900. The van der Waals surface area contributed by atoms with Gasteiger partial charge in [0, 0.05) is 0 Å². The molecule has 1 nitrogen and oxygen atoms in total. The Morgan fingerprint density at radius 1 is 1.56 bits per heavy atom. The monoisotopic (exact) mass is 126 g/mol. The fraction of sp³-hybridized carbons (Fsp3) is 1.00. The van der Waals surface area contributed by atoms with E-state index in [4.69, 9.17) is 0 Å². The highest BCUT2D eigenvalue weighted by molar-refractivity contribution is 5.10. The molecule has 2 saturated carbocycles. The van der Waals surface area contributed by atoms with Crippen molar-refractivity contribution in [3.8, 4) is 0 Å². The second-order valence-electron chi connectivity index (χ2n) is 3.58. The predicted octanol–water partition coefficient (Wildman–Crippen LogP) is 1.56. The van der Waals surface area contributed by atoms with E-state index in [0.29, 0.717) is 5.41 Å².